The van der Waals surface area contributed by atoms with Crippen LogP contribution in [0, 0.1) is 0 Å². The summed E-state index contributed by atoms with van der Waals surface area (Å²) in [6, 6.07) is 15.5. The van der Waals surface area contributed by atoms with E-state index in [0.717, 1.165) is 33.1 Å². The minimum absolute atomic E-state index is 0.132. The molecule has 0 fully saturated rings. The monoisotopic (exact) mass is 451 g/mol. The molecule has 2 aromatic carbocycles. The molecule has 168 valence electrons. The molecule has 0 unspecified atom stereocenters. The van der Waals surface area contributed by atoms with Crippen molar-refractivity contribution in [3.05, 3.63) is 72.2 Å². The van der Waals surface area contributed by atoms with Gasteiger partial charge in [-0.25, -0.2) is 9.97 Å². The molecule has 4 heterocycles. The third kappa shape index (κ3) is 3.17. The molecule has 0 radical (unpaired) electrons. The van der Waals surface area contributed by atoms with E-state index in [-0.39, 0.29) is 5.91 Å². The first-order valence-corrected chi connectivity index (χ1v) is 10.9. The van der Waals surface area contributed by atoms with E-state index in [1.54, 1.807) is 19.6 Å². The Bertz CT molecular complexity index is 1690. The molecule has 0 aliphatic heterocycles. The molecule has 34 heavy (non-hydrogen) atoms. The highest BCUT2D eigenvalue weighted by atomic mass is 16.4. The van der Waals surface area contributed by atoms with Gasteiger partial charge in [0, 0.05) is 43.3 Å². The molecular formula is C25H21N7O2. The number of imidazole rings is 1. The Labute approximate surface area is 193 Å². The summed E-state index contributed by atoms with van der Waals surface area (Å²) in [6.07, 6.45) is 3.47. The van der Waals surface area contributed by atoms with Crippen LogP contribution in [0.2, 0.25) is 0 Å². The van der Waals surface area contributed by atoms with Gasteiger partial charge < -0.3 is 24.6 Å². The normalized spacial score (nSPS) is 11.5. The predicted octanol–water partition coefficient (Wildman–Crippen LogP) is 4.23. The fourth-order valence-corrected chi connectivity index (χ4v) is 4.23. The molecule has 6 aromatic rings. The molecule has 3 N–H and O–H groups in total. The van der Waals surface area contributed by atoms with Crippen molar-refractivity contribution in [2.24, 2.45) is 7.05 Å². The maximum Gasteiger partial charge on any atom is 0.253 e. The number of aromatic amines is 1. The number of para-hydroxylation sites is 1. The van der Waals surface area contributed by atoms with Gasteiger partial charge in [0.2, 0.25) is 5.89 Å². The van der Waals surface area contributed by atoms with Crippen LogP contribution < -0.4 is 10.6 Å². The van der Waals surface area contributed by atoms with E-state index >= 15 is 0 Å². The van der Waals surface area contributed by atoms with Gasteiger partial charge in [-0.1, -0.05) is 30.3 Å². The van der Waals surface area contributed by atoms with E-state index < -0.39 is 0 Å². The average molecular weight is 451 g/mol. The van der Waals surface area contributed by atoms with Crippen molar-refractivity contribution in [1.29, 1.82) is 0 Å². The Morgan fingerprint density at radius 3 is 2.88 bits per heavy atom. The minimum Gasteiger partial charge on any atom is -0.418 e. The van der Waals surface area contributed by atoms with E-state index in [1.165, 1.54) is 0 Å². The van der Waals surface area contributed by atoms with Gasteiger partial charge in [0.05, 0.1) is 11.9 Å². The van der Waals surface area contributed by atoms with Crippen molar-refractivity contribution in [1.82, 2.24) is 29.8 Å². The van der Waals surface area contributed by atoms with Crippen LogP contribution in [0.4, 0.5) is 5.82 Å². The summed E-state index contributed by atoms with van der Waals surface area (Å²) >= 11 is 0. The second-order valence-electron chi connectivity index (χ2n) is 8.07. The highest BCUT2D eigenvalue weighted by Gasteiger charge is 2.19. The van der Waals surface area contributed by atoms with E-state index in [4.69, 9.17) is 9.40 Å². The van der Waals surface area contributed by atoms with E-state index in [9.17, 15) is 4.79 Å². The number of fused-ring (bicyclic) bond motifs is 4. The molecule has 6 rings (SSSR count). The van der Waals surface area contributed by atoms with Crippen LogP contribution in [0.1, 0.15) is 15.9 Å². The average Bonchev–Trinajstić information content (AvgIpc) is 3.58. The first kappa shape index (κ1) is 20.0. The number of carbonyl (C=O) groups is 1. The van der Waals surface area contributed by atoms with Crippen molar-refractivity contribution < 1.29 is 9.21 Å². The Morgan fingerprint density at radius 2 is 2.00 bits per heavy atom. The quantitative estimate of drug-likeness (QED) is 0.361. The maximum atomic E-state index is 12.8. The molecule has 4 aromatic heterocycles. The SMILES string of the molecule is CNc1nc2oc(-c3cccc(CNC(=O)c4c[nH]c5ccccc45)c3)nc2c2c1ncn2C. The first-order valence-electron chi connectivity index (χ1n) is 10.9. The van der Waals surface area contributed by atoms with Crippen molar-refractivity contribution >= 4 is 44.9 Å². The number of anilines is 1. The van der Waals surface area contributed by atoms with Crippen LogP contribution in [0.5, 0.6) is 0 Å². The second-order valence-corrected chi connectivity index (χ2v) is 8.07. The molecule has 0 spiro atoms. The molecule has 0 aliphatic rings. The van der Waals surface area contributed by atoms with Gasteiger partial charge in [0.1, 0.15) is 11.0 Å². The number of rotatable bonds is 5. The number of amides is 1. The number of carbonyl (C=O) groups excluding carboxylic acids is 1. The summed E-state index contributed by atoms with van der Waals surface area (Å²) < 4.78 is 7.93. The number of benzene rings is 2. The second kappa shape index (κ2) is 7.73. The maximum absolute atomic E-state index is 12.8. The number of oxazole rings is 1. The van der Waals surface area contributed by atoms with Crippen molar-refractivity contribution in [3.8, 4) is 11.5 Å². The van der Waals surface area contributed by atoms with Crippen LogP contribution in [0.25, 0.3) is 44.6 Å². The number of hydrogen-bond acceptors (Lipinski definition) is 6. The molecule has 0 bridgehead atoms. The van der Waals surface area contributed by atoms with Gasteiger partial charge in [-0.2, -0.15) is 4.98 Å². The van der Waals surface area contributed by atoms with Gasteiger partial charge >= 0.3 is 0 Å². The topological polar surface area (TPSA) is 114 Å². The molecule has 9 nitrogen and oxygen atoms in total. The minimum atomic E-state index is -0.132. The number of nitrogens with one attached hydrogen (secondary N) is 3. The van der Waals surface area contributed by atoms with Crippen LogP contribution >= 0.6 is 0 Å². The number of hydrogen-bond donors (Lipinski definition) is 3. The predicted molar refractivity (Wildman–Crippen MR) is 131 cm³/mol. The fourth-order valence-electron chi connectivity index (χ4n) is 4.23. The number of aryl methyl sites for hydroxylation is 1. The van der Waals surface area contributed by atoms with Gasteiger partial charge in [0.25, 0.3) is 11.6 Å². The number of nitrogens with zero attached hydrogens (tertiary/aromatic N) is 4. The largest absolute Gasteiger partial charge is 0.418 e. The van der Waals surface area contributed by atoms with Crippen LogP contribution in [0.15, 0.2) is 65.5 Å². The third-order valence-electron chi connectivity index (χ3n) is 5.91. The molecule has 0 atom stereocenters. The Kier molecular flexibility index (Phi) is 4.54. The zero-order valence-corrected chi connectivity index (χ0v) is 18.6. The highest BCUT2D eigenvalue weighted by molar-refractivity contribution is 6.06. The third-order valence-corrected chi connectivity index (χ3v) is 5.91. The summed E-state index contributed by atoms with van der Waals surface area (Å²) in [7, 11) is 3.72. The number of H-pyrrole nitrogens is 1. The molecule has 0 aliphatic carbocycles. The first-order chi connectivity index (χ1) is 16.6. The molecule has 0 saturated heterocycles. The van der Waals surface area contributed by atoms with Crippen molar-refractivity contribution in [2.75, 3.05) is 12.4 Å². The molecular weight excluding hydrogens is 430 g/mol. The van der Waals surface area contributed by atoms with Crippen LogP contribution in [0.3, 0.4) is 0 Å². The Hall–Kier alpha value is -4.66. The Morgan fingerprint density at radius 1 is 1.12 bits per heavy atom. The van der Waals surface area contributed by atoms with E-state index in [1.807, 2.05) is 60.1 Å². The Balaban J connectivity index is 1.29. The van der Waals surface area contributed by atoms with Crippen molar-refractivity contribution in [2.45, 2.75) is 6.54 Å². The van der Waals surface area contributed by atoms with E-state index in [2.05, 4.69) is 25.6 Å². The zero-order valence-electron chi connectivity index (χ0n) is 18.6. The standard InChI is InChI=1S/C25H21N7O2/c1-26-22-19-21(32(2)13-29-19)20-25(31-22)34-24(30-20)15-7-5-6-14(10-15)11-28-23(33)17-12-27-18-9-4-3-8-16(17)18/h3-10,12-13,27H,11H2,1-2H3,(H,26,31)(H,28,33). The van der Waals surface area contributed by atoms with Crippen LogP contribution in [-0.2, 0) is 13.6 Å². The fraction of sp³-hybridized carbons (Fsp3) is 0.120. The molecule has 9 heteroatoms. The van der Waals surface area contributed by atoms with E-state index in [0.29, 0.717) is 35.0 Å². The summed E-state index contributed by atoms with van der Waals surface area (Å²) in [4.78, 5) is 29.6. The van der Waals surface area contributed by atoms with Gasteiger partial charge in [0.15, 0.2) is 11.3 Å². The van der Waals surface area contributed by atoms with Crippen molar-refractivity contribution in [3.63, 3.8) is 0 Å². The lowest BCUT2D eigenvalue weighted by atomic mass is 10.1. The lowest BCUT2D eigenvalue weighted by Crippen LogP contribution is -2.22. The van der Waals surface area contributed by atoms with Gasteiger partial charge in [-0.15, -0.1) is 0 Å². The highest BCUT2D eigenvalue weighted by Crippen LogP contribution is 2.31. The lowest BCUT2D eigenvalue weighted by molar-refractivity contribution is 0.0952. The molecule has 1 amide bonds. The summed E-state index contributed by atoms with van der Waals surface area (Å²) in [5.74, 6) is 0.967. The summed E-state index contributed by atoms with van der Waals surface area (Å²) in [5.41, 5.74) is 5.98. The zero-order chi connectivity index (χ0) is 23.2. The van der Waals surface area contributed by atoms with Gasteiger partial charge in [-0.05, 0) is 23.8 Å². The number of pyridine rings is 1. The lowest BCUT2D eigenvalue weighted by Gasteiger charge is -2.06. The smallest absolute Gasteiger partial charge is 0.253 e. The number of aromatic nitrogens is 5. The molecule has 0 saturated carbocycles. The van der Waals surface area contributed by atoms with Gasteiger partial charge in [-0.3, -0.25) is 4.79 Å². The summed E-state index contributed by atoms with van der Waals surface area (Å²) in [6.45, 7) is 0.376. The van der Waals surface area contributed by atoms with Crippen LogP contribution in [-0.4, -0.2) is 37.5 Å². The summed E-state index contributed by atoms with van der Waals surface area (Å²) in [5, 5.41) is 6.96.